The van der Waals surface area contributed by atoms with Crippen LogP contribution in [0.2, 0.25) is 0 Å². The van der Waals surface area contributed by atoms with Gasteiger partial charge in [0.05, 0.1) is 27.9 Å². The third kappa shape index (κ3) is 4.80. The molecule has 0 aromatic heterocycles. The van der Waals surface area contributed by atoms with E-state index in [1.165, 1.54) is 43.3 Å². The van der Waals surface area contributed by atoms with Gasteiger partial charge in [0, 0.05) is 49.1 Å². The number of likely N-dealkylation sites (N-methyl/N-ethyl adjacent to an activating group) is 1. The molecule has 228 valence electrons. The van der Waals surface area contributed by atoms with Crippen molar-refractivity contribution in [2.45, 2.75) is 50.6 Å². The average molecular weight is 598 g/mol. The largest absolute Gasteiger partial charge is 0.508 e. The first-order valence-electron chi connectivity index (χ1n) is 18.5. The number of nitrogens with one attached hydrogen (secondary N) is 2. The van der Waals surface area contributed by atoms with Crippen molar-refractivity contribution in [3.8, 4) is 5.75 Å². The third-order valence-electron chi connectivity index (χ3n) is 7.67. The minimum absolute atomic E-state index is 0.00141. The number of nitrogens with zero attached hydrogens (tertiary/aromatic N) is 2. The molecule has 1 fully saturated rings. The van der Waals surface area contributed by atoms with E-state index in [-0.39, 0.29) is 24.1 Å². The Balaban J connectivity index is 1.93. The van der Waals surface area contributed by atoms with Crippen molar-refractivity contribution in [3.63, 3.8) is 0 Å². The summed E-state index contributed by atoms with van der Waals surface area (Å²) in [5, 5.41) is 49.3. The highest BCUT2D eigenvalue weighted by Crippen LogP contribution is 2.54. The average Bonchev–Trinajstić information content (AvgIpc) is 2.97. The molecule has 1 aromatic rings. The van der Waals surface area contributed by atoms with E-state index in [2.05, 4.69) is 0 Å². The van der Waals surface area contributed by atoms with Crippen LogP contribution in [0.15, 0.2) is 22.9 Å². The van der Waals surface area contributed by atoms with Crippen LogP contribution in [0.4, 0.5) is 11.4 Å². The first-order valence-corrected chi connectivity index (χ1v) is 12.5. The maximum absolute atomic E-state index is 14.2. The van der Waals surface area contributed by atoms with Crippen molar-refractivity contribution < 1.29 is 56.1 Å². The number of hydrogen-bond donors (Lipinski definition) is 7. The van der Waals surface area contributed by atoms with Crippen LogP contribution < -0.4 is 21.3 Å². The van der Waals surface area contributed by atoms with E-state index in [0.29, 0.717) is 0 Å². The molecule has 13 heteroatoms. The zero-order valence-corrected chi connectivity index (χ0v) is 23.0. The van der Waals surface area contributed by atoms with E-state index in [1.807, 2.05) is 5.32 Å². The maximum atomic E-state index is 14.2. The minimum atomic E-state index is -4.02. The lowest BCUT2D eigenvalue weighted by atomic mass is 9.57. The summed E-state index contributed by atoms with van der Waals surface area (Å²) in [5.74, 6) is -11.8. The number of aromatic hydroxyl groups is 1. The van der Waals surface area contributed by atoms with Crippen molar-refractivity contribution in [1.82, 2.24) is 10.2 Å². The second-order valence-corrected chi connectivity index (χ2v) is 10.9. The molecule has 0 spiro atoms. The number of ketones is 2. The first kappa shape index (κ1) is 18.6. The fourth-order valence-electron chi connectivity index (χ4n) is 5.99. The molecule has 8 N–H and O–H groups in total. The smallest absolute Gasteiger partial charge is 0.255 e. The Kier molecular flexibility index (Phi) is 4.60. The number of carbonyl (C=O) groups is 4. The number of aliphatic hydroxyl groups excluding tert-OH is 2. The molecule has 3 aliphatic carbocycles. The minimum Gasteiger partial charge on any atom is -0.508 e. The molecule has 2 amide bonds. The lowest BCUT2D eigenvalue weighted by molar-refractivity contribution is -0.153. The summed E-state index contributed by atoms with van der Waals surface area (Å²) in [6.45, 7) is -15.8. The number of carbonyl (C=O) groups excluding carboxylic acids is 4. The Morgan fingerprint density at radius 1 is 1.21 bits per heavy atom. The number of Topliss-reactive ketones (excluding diaryl/α,β-unsaturated/α-hetero) is 2. The van der Waals surface area contributed by atoms with E-state index in [1.54, 1.807) is 0 Å². The second-order valence-electron chi connectivity index (χ2n) is 10.9. The van der Waals surface area contributed by atoms with E-state index >= 15 is 0 Å². The van der Waals surface area contributed by atoms with Gasteiger partial charge in [0.25, 0.3) is 5.91 Å². The molecule has 4 rings (SSSR count). The van der Waals surface area contributed by atoms with E-state index in [4.69, 9.17) is 22.2 Å². The standard InChI is InChI=1S/C29H39N5O8/c1-28(2,3)31-11-17(35)32-15-10-16(33(4)5)13-8-12-9-14-21(34(6)7)24(38)20(27(30)41)26(40)29(14,42)25(39)18(12)23(37)19(13)22(15)36/h10,12,14,21,31,36-37,40,42H,8-9,11H2,1-7H3,(H2,30,41)(H,32,35)/t12-,14-,21-,29-/m0/s1/i1D3,2D3,3D3,10D,11D2. The Labute approximate surface area is 260 Å². The fourth-order valence-corrected chi connectivity index (χ4v) is 5.99. The zero-order valence-electron chi connectivity index (χ0n) is 35.0. The zero-order chi connectivity index (χ0) is 41.8. The number of nitrogens with two attached hydrogens (primary N) is 1. The van der Waals surface area contributed by atoms with Crippen molar-refractivity contribution in [1.29, 1.82) is 0 Å². The van der Waals surface area contributed by atoms with E-state index < -0.39 is 125 Å². The Bertz CT molecular complexity index is 1870. The van der Waals surface area contributed by atoms with Gasteiger partial charge < -0.3 is 41.7 Å². The van der Waals surface area contributed by atoms with Crippen LogP contribution in [0.3, 0.4) is 0 Å². The SMILES string of the molecule is [2H]c1c(NC(=O)C([2H])([2H])NC(C([2H])([2H])[2H])(C([2H])([2H])[2H])C([2H])([2H])[2H])c(O)c2c(c1N(C)C)C[C@H]1C[C@H]3[C@H](N(C)C)C(=O)C(C(N)=O)=C(O)[C@@]3(O)C(=O)C1=C2O. The summed E-state index contributed by atoms with van der Waals surface area (Å²) in [6.07, 6.45) is -0.550. The number of hydrogen-bond acceptors (Lipinski definition) is 11. The number of aliphatic hydroxyl groups is 3. The topological polar surface area (TPSA) is 206 Å². The molecule has 1 saturated carbocycles. The van der Waals surface area contributed by atoms with Gasteiger partial charge in [0.15, 0.2) is 11.4 Å². The van der Waals surface area contributed by atoms with Gasteiger partial charge in [0.2, 0.25) is 11.7 Å². The van der Waals surface area contributed by atoms with Crippen LogP contribution in [0.1, 0.15) is 54.6 Å². The van der Waals surface area contributed by atoms with Gasteiger partial charge in [-0.3, -0.25) is 24.1 Å². The van der Waals surface area contributed by atoms with Gasteiger partial charge in [0.1, 0.15) is 22.8 Å². The number of primary amides is 1. The highest BCUT2D eigenvalue weighted by molar-refractivity contribution is 6.24. The number of phenolic OH excluding ortho intramolecular Hbond substituents is 1. The molecule has 3 aliphatic rings. The number of anilines is 2. The van der Waals surface area contributed by atoms with Gasteiger partial charge in [-0.15, -0.1) is 0 Å². The highest BCUT2D eigenvalue weighted by atomic mass is 16.3. The van der Waals surface area contributed by atoms with Crippen LogP contribution >= 0.6 is 0 Å². The van der Waals surface area contributed by atoms with Crippen molar-refractivity contribution in [2.24, 2.45) is 17.6 Å². The van der Waals surface area contributed by atoms with Crippen molar-refractivity contribution in [2.75, 3.05) is 44.9 Å². The summed E-state index contributed by atoms with van der Waals surface area (Å²) < 4.78 is 95.2. The quantitative estimate of drug-likeness (QED) is 0.176. The molecule has 42 heavy (non-hydrogen) atoms. The predicted molar refractivity (Wildman–Crippen MR) is 155 cm³/mol. The lowest BCUT2D eigenvalue weighted by Crippen LogP contribution is -2.65. The van der Waals surface area contributed by atoms with Crippen LogP contribution in [0.25, 0.3) is 5.76 Å². The molecule has 0 heterocycles. The Morgan fingerprint density at radius 2 is 1.86 bits per heavy atom. The molecule has 0 unspecified atom stereocenters. The molecule has 1 aromatic carbocycles. The summed E-state index contributed by atoms with van der Waals surface area (Å²) in [7, 11) is 5.66. The number of rotatable bonds is 6. The normalized spacial score (nSPS) is 31.1. The van der Waals surface area contributed by atoms with Crippen molar-refractivity contribution >= 4 is 40.5 Å². The first-order chi connectivity index (χ1) is 24.2. The molecular weight excluding hydrogens is 546 g/mol. The number of fused-ring (bicyclic) bond motifs is 3. The lowest BCUT2D eigenvalue weighted by Gasteiger charge is -2.50. The fraction of sp³-hybridized carbons (Fsp3) is 0.517. The molecule has 4 atom stereocenters. The van der Waals surface area contributed by atoms with Crippen molar-refractivity contribution in [3.05, 3.63) is 34.1 Å². The molecule has 0 aliphatic heterocycles. The summed E-state index contributed by atoms with van der Waals surface area (Å²) in [4.78, 5) is 55.9. The van der Waals surface area contributed by atoms with Gasteiger partial charge >= 0.3 is 0 Å². The Morgan fingerprint density at radius 3 is 2.40 bits per heavy atom. The molecule has 0 bridgehead atoms. The van der Waals surface area contributed by atoms with Gasteiger partial charge in [-0.2, -0.15) is 0 Å². The Hall–Kier alpha value is -3.94. The molecular formula is C29H39N5O8. The van der Waals surface area contributed by atoms with Crippen LogP contribution in [0, 0.1) is 11.8 Å². The number of phenols is 1. The summed E-state index contributed by atoms with van der Waals surface area (Å²) in [5.41, 5.74) is -5.01. The number of benzene rings is 1. The number of amides is 2. The predicted octanol–water partition coefficient (Wildman–Crippen LogP) is 0.357. The third-order valence-corrected chi connectivity index (χ3v) is 7.67. The summed E-state index contributed by atoms with van der Waals surface area (Å²) >= 11 is 0. The van der Waals surface area contributed by atoms with Gasteiger partial charge in [-0.25, -0.2) is 0 Å². The second kappa shape index (κ2) is 10.4. The van der Waals surface area contributed by atoms with Crippen LogP contribution in [0.5, 0.6) is 5.75 Å². The molecule has 13 nitrogen and oxygen atoms in total. The van der Waals surface area contributed by atoms with Gasteiger partial charge in [-0.05, 0) is 65.0 Å². The van der Waals surface area contributed by atoms with E-state index in [9.17, 15) is 39.6 Å². The maximum Gasteiger partial charge on any atom is 0.255 e. The highest BCUT2D eigenvalue weighted by Gasteiger charge is 2.64. The van der Waals surface area contributed by atoms with E-state index in [0.717, 1.165) is 0 Å². The van der Waals surface area contributed by atoms with Crippen LogP contribution in [-0.4, -0.2) is 101 Å². The monoisotopic (exact) mass is 597 g/mol. The van der Waals surface area contributed by atoms with Gasteiger partial charge in [-0.1, -0.05) is 0 Å². The summed E-state index contributed by atoms with van der Waals surface area (Å²) in [6, 6.07) is -2.09. The molecule has 0 saturated heterocycles. The molecule has 0 radical (unpaired) electrons. The van der Waals surface area contributed by atoms with Crippen LogP contribution in [-0.2, 0) is 25.6 Å².